The van der Waals surface area contributed by atoms with Gasteiger partial charge in [0.25, 0.3) is 0 Å². The summed E-state index contributed by atoms with van der Waals surface area (Å²) in [7, 11) is 0. The van der Waals surface area contributed by atoms with E-state index in [0.717, 1.165) is 13.0 Å². The van der Waals surface area contributed by atoms with Gasteiger partial charge in [-0.1, -0.05) is 0 Å². The molecule has 0 aliphatic carbocycles. The molecule has 0 spiro atoms. The molecule has 0 fully saturated rings. The van der Waals surface area contributed by atoms with Crippen molar-refractivity contribution in [3.8, 4) is 0 Å². The minimum Gasteiger partial charge on any atom is -0.444 e. The minimum absolute atomic E-state index is 0.0762. The van der Waals surface area contributed by atoms with Gasteiger partial charge in [0, 0.05) is 25.0 Å². The second kappa shape index (κ2) is 5.70. The first kappa shape index (κ1) is 13.5. The highest BCUT2D eigenvalue weighted by atomic mass is 16.6. The second-order valence-corrected chi connectivity index (χ2v) is 5.14. The van der Waals surface area contributed by atoms with Gasteiger partial charge in [0.15, 0.2) is 0 Å². The minimum atomic E-state index is -0.450. The summed E-state index contributed by atoms with van der Waals surface area (Å²) < 4.78 is 7.16. The Kier molecular flexibility index (Phi) is 4.54. The van der Waals surface area contributed by atoms with E-state index in [2.05, 4.69) is 10.3 Å². The molecule has 0 radical (unpaired) electrons. The number of aromatic nitrogens is 2. The largest absolute Gasteiger partial charge is 0.444 e. The SMILES string of the molecule is CC(CCn1ccnc1)NC(=O)OC(C)(C)C. The van der Waals surface area contributed by atoms with Crippen LogP contribution in [0, 0.1) is 0 Å². The van der Waals surface area contributed by atoms with Crippen LogP contribution in [-0.4, -0.2) is 27.3 Å². The van der Waals surface area contributed by atoms with Crippen LogP contribution in [0.15, 0.2) is 18.7 Å². The van der Waals surface area contributed by atoms with Crippen LogP contribution in [0.1, 0.15) is 34.1 Å². The maximum absolute atomic E-state index is 11.5. The summed E-state index contributed by atoms with van der Waals surface area (Å²) in [6.45, 7) is 8.34. The van der Waals surface area contributed by atoms with Crippen molar-refractivity contribution in [1.82, 2.24) is 14.9 Å². The Morgan fingerprint density at radius 1 is 1.53 bits per heavy atom. The molecule has 0 saturated heterocycles. The van der Waals surface area contributed by atoms with Gasteiger partial charge in [-0.25, -0.2) is 9.78 Å². The Labute approximate surface area is 102 Å². The monoisotopic (exact) mass is 239 g/mol. The molecule has 1 aromatic heterocycles. The number of ether oxygens (including phenoxy) is 1. The number of hydrogen-bond acceptors (Lipinski definition) is 3. The fourth-order valence-electron chi connectivity index (χ4n) is 1.34. The van der Waals surface area contributed by atoms with Crippen molar-refractivity contribution in [3.63, 3.8) is 0 Å². The summed E-state index contributed by atoms with van der Waals surface area (Å²) in [5, 5.41) is 2.80. The first-order valence-electron chi connectivity index (χ1n) is 5.82. The zero-order chi connectivity index (χ0) is 12.9. The number of hydrogen-bond donors (Lipinski definition) is 1. The zero-order valence-corrected chi connectivity index (χ0v) is 10.9. The van der Waals surface area contributed by atoms with Crippen molar-refractivity contribution in [2.24, 2.45) is 0 Å². The smallest absolute Gasteiger partial charge is 0.407 e. The number of carbonyl (C=O) groups is 1. The molecule has 0 bridgehead atoms. The van der Waals surface area contributed by atoms with Gasteiger partial charge in [0.1, 0.15) is 5.60 Å². The van der Waals surface area contributed by atoms with E-state index in [1.807, 2.05) is 38.5 Å². The third-order valence-corrected chi connectivity index (χ3v) is 2.14. The van der Waals surface area contributed by atoms with Crippen LogP contribution < -0.4 is 5.32 Å². The molecule has 1 N–H and O–H groups in total. The second-order valence-electron chi connectivity index (χ2n) is 5.14. The fraction of sp³-hybridized carbons (Fsp3) is 0.667. The van der Waals surface area contributed by atoms with Crippen molar-refractivity contribution in [2.45, 2.75) is 52.3 Å². The third kappa shape index (κ3) is 5.94. The molecule has 0 aromatic carbocycles. The van der Waals surface area contributed by atoms with Gasteiger partial charge in [-0.05, 0) is 34.1 Å². The molecule has 0 aliphatic heterocycles. The summed E-state index contributed by atoms with van der Waals surface area (Å²) >= 11 is 0. The van der Waals surface area contributed by atoms with Gasteiger partial charge in [-0.3, -0.25) is 0 Å². The first-order chi connectivity index (χ1) is 7.87. The van der Waals surface area contributed by atoms with E-state index < -0.39 is 5.60 Å². The Hall–Kier alpha value is -1.52. The van der Waals surface area contributed by atoms with Gasteiger partial charge >= 0.3 is 6.09 Å². The summed E-state index contributed by atoms with van der Waals surface area (Å²) in [6.07, 6.45) is 5.89. The van der Waals surface area contributed by atoms with E-state index in [1.165, 1.54) is 0 Å². The molecular formula is C12H21N3O2. The Balaban J connectivity index is 2.25. The third-order valence-electron chi connectivity index (χ3n) is 2.14. The molecule has 1 atom stereocenters. The summed E-state index contributed by atoms with van der Waals surface area (Å²) in [4.78, 5) is 15.4. The number of nitrogens with zero attached hydrogens (tertiary/aromatic N) is 2. The van der Waals surface area contributed by atoms with Crippen molar-refractivity contribution < 1.29 is 9.53 Å². The molecule has 1 amide bonds. The first-order valence-corrected chi connectivity index (χ1v) is 5.82. The molecule has 1 unspecified atom stereocenters. The van der Waals surface area contributed by atoms with Crippen LogP contribution in [0.2, 0.25) is 0 Å². The van der Waals surface area contributed by atoms with Gasteiger partial charge in [-0.2, -0.15) is 0 Å². The molecular weight excluding hydrogens is 218 g/mol. The van der Waals surface area contributed by atoms with Crippen LogP contribution in [0.3, 0.4) is 0 Å². The molecule has 0 aliphatic rings. The molecule has 17 heavy (non-hydrogen) atoms. The average molecular weight is 239 g/mol. The predicted octanol–water partition coefficient (Wildman–Crippen LogP) is 2.19. The highest BCUT2D eigenvalue weighted by Gasteiger charge is 2.17. The van der Waals surface area contributed by atoms with Crippen LogP contribution in [0.25, 0.3) is 0 Å². The summed E-state index contributed by atoms with van der Waals surface area (Å²) in [6, 6.07) is 0.0762. The van der Waals surface area contributed by atoms with E-state index in [-0.39, 0.29) is 12.1 Å². The molecule has 0 saturated carbocycles. The standard InChI is InChI=1S/C12H21N3O2/c1-10(5-7-15-8-6-13-9-15)14-11(16)17-12(2,3)4/h6,8-10H,5,7H2,1-4H3,(H,14,16). The predicted molar refractivity (Wildman–Crippen MR) is 65.7 cm³/mol. The van der Waals surface area contributed by atoms with Crippen molar-refractivity contribution in [1.29, 1.82) is 0 Å². The molecule has 1 rings (SSSR count). The van der Waals surface area contributed by atoms with E-state index in [0.29, 0.717) is 0 Å². The molecule has 5 heteroatoms. The number of imidazole rings is 1. The van der Waals surface area contributed by atoms with Gasteiger partial charge in [0.2, 0.25) is 0 Å². The summed E-state index contributed by atoms with van der Waals surface area (Å²) in [5.74, 6) is 0. The van der Waals surface area contributed by atoms with Crippen LogP contribution in [-0.2, 0) is 11.3 Å². The lowest BCUT2D eigenvalue weighted by Crippen LogP contribution is -2.38. The number of amides is 1. The molecule has 1 heterocycles. The Bertz CT molecular complexity index is 341. The van der Waals surface area contributed by atoms with E-state index in [9.17, 15) is 4.79 Å². The van der Waals surface area contributed by atoms with Crippen molar-refractivity contribution in [2.75, 3.05) is 0 Å². The van der Waals surface area contributed by atoms with E-state index in [4.69, 9.17) is 4.74 Å². The molecule has 5 nitrogen and oxygen atoms in total. The van der Waals surface area contributed by atoms with Crippen LogP contribution in [0.5, 0.6) is 0 Å². The maximum Gasteiger partial charge on any atom is 0.407 e. The zero-order valence-electron chi connectivity index (χ0n) is 10.9. The topological polar surface area (TPSA) is 56.2 Å². The average Bonchev–Trinajstić information content (AvgIpc) is 2.63. The molecule has 96 valence electrons. The van der Waals surface area contributed by atoms with Gasteiger partial charge in [-0.15, -0.1) is 0 Å². The highest BCUT2D eigenvalue weighted by molar-refractivity contribution is 5.67. The highest BCUT2D eigenvalue weighted by Crippen LogP contribution is 2.07. The number of aryl methyl sites for hydroxylation is 1. The number of nitrogens with one attached hydrogen (secondary N) is 1. The Morgan fingerprint density at radius 2 is 2.24 bits per heavy atom. The fourth-order valence-corrected chi connectivity index (χ4v) is 1.34. The van der Waals surface area contributed by atoms with Crippen molar-refractivity contribution >= 4 is 6.09 Å². The van der Waals surface area contributed by atoms with Crippen LogP contribution in [0.4, 0.5) is 4.79 Å². The lowest BCUT2D eigenvalue weighted by molar-refractivity contribution is 0.0505. The van der Waals surface area contributed by atoms with Gasteiger partial charge < -0.3 is 14.6 Å². The number of rotatable bonds is 4. The normalized spacial score (nSPS) is 13.2. The lowest BCUT2D eigenvalue weighted by atomic mass is 10.2. The summed E-state index contributed by atoms with van der Waals surface area (Å²) in [5.41, 5.74) is -0.450. The number of alkyl carbamates (subject to hydrolysis) is 1. The van der Waals surface area contributed by atoms with Crippen LogP contribution >= 0.6 is 0 Å². The van der Waals surface area contributed by atoms with E-state index >= 15 is 0 Å². The maximum atomic E-state index is 11.5. The Morgan fingerprint density at radius 3 is 2.76 bits per heavy atom. The number of carbonyl (C=O) groups excluding carboxylic acids is 1. The van der Waals surface area contributed by atoms with E-state index in [1.54, 1.807) is 12.5 Å². The molecule has 1 aromatic rings. The lowest BCUT2D eigenvalue weighted by Gasteiger charge is -2.22. The van der Waals surface area contributed by atoms with Gasteiger partial charge in [0.05, 0.1) is 6.33 Å². The van der Waals surface area contributed by atoms with Crippen molar-refractivity contribution in [3.05, 3.63) is 18.7 Å². The quantitative estimate of drug-likeness (QED) is 0.876.